The molecule has 0 saturated carbocycles. The summed E-state index contributed by atoms with van der Waals surface area (Å²) in [6, 6.07) is 5.79. The van der Waals surface area contributed by atoms with Crippen LogP contribution in [0, 0.1) is 5.92 Å². The molecule has 1 aliphatic rings. The van der Waals surface area contributed by atoms with E-state index in [2.05, 4.69) is 4.99 Å². The number of ether oxygens (including phenoxy) is 1. The summed E-state index contributed by atoms with van der Waals surface area (Å²) in [7, 11) is -1.41. The molecule has 26 heavy (non-hydrogen) atoms. The molecule has 0 N–H and O–H groups in total. The maximum Gasteiger partial charge on any atom is 0.252 e. The van der Waals surface area contributed by atoms with Gasteiger partial charge in [-0.05, 0) is 38.0 Å². The molecule has 142 valence electrons. The quantitative estimate of drug-likeness (QED) is 0.787. The van der Waals surface area contributed by atoms with Crippen LogP contribution < -0.4 is 9.54 Å². The lowest BCUT2D eigenvalue weighted by molar-refractivity contribution is -0.122. The molecule has 1 fully saturated rings. The number of nitrogens with zero attached hydrogens (tertiary/aromatic N) is 3. The van der Waals surface area contributed by atoms with Crippen molar-refractivity contribution in [1.29, 1.82) is 0 Å². The molecule has 1 unspecified atom stereocenters. The smallest absolute Gasteiger partial charge is 0.252 e. The van der Waals surface area contributed by atoms with Crippen LogP contribution in [0.1, 0.15) is 19.8 Å². The van der Waals surface area contributed by atoms with Gasteiger partial charge in [-0.2, -0.15) is 4.99 Å². The zero-order valence-electron chi connectivity index (χ0n) is 15.1. The first-order valence-electron chi connectivity index (χ1n) is 8.55. The molecule has 1 aromatic carbocycles. The van der Waals surface area contributed by atoms with E-state index in [4.69, 9.17) is 4.74 Å². The van der Waals surface area contributed by atoms with E-state index in [-0.39, 0.29) is 18.4 Å². The van der Waals surface area contributed by atoms with E-state index < -0.39 is 10.0 Å². The van der Waals surface area contributed by atoms with Crippen LogP contribution >= 0.6 is 11.3 Å². The lowest BCUT2D eigenvalue weighted by atomic mass is 9.99. The summed E-state index contributed by atoms with van der Waals surface area (Å²) in [6.07, 6.45) is 2.52. The first-order chi connectivity index (χ1) is 12.3. The van der Waals surface area contributed by atoms with Gasteiger partial charge < -0.3 is 9.30 Å². The Balaban J connectivity index is 1.89. The molecule has 1 aliphatic heterocycles. The molecule has 7 nitrogen and oxygen atoms in total. The van der Waals surface area contributed by atoms with E-state index in [1.54, 1.807) is 0 Å². The van der Waals surface area contributed by atoms with Gasteiger partial charge >= 0.3 is 0 Å². The molecular formula is C17H23N3O4S2. The Morgan fingerprint density at radius 1 is 1.42 bits per heavy atom. The summed E-state index contributed by atoms with van der Waals surface area (Å²) in [6.45, 7) is 3.21. The fourth-order valence-corrected chi connectivity index (χ4v) is 5.07. The monoisotopic (exact) mass is 397 g/mol. The van der Waals surface area contributed by atoms with Crippen LogP contribution in [0.25, 0.3) is 10.2 Å². The Bertz CT molecular complexity index is 991. The average molecular weight is 398 g/mol. The first kappa shape index (κ1) is 19.1. The number of piperidine rings is 1. The van der Waals surface area contributed by atoms with Crippen molar-refractivity contribution in [2.24, 2.45) is 18.0 Å². The van der Waals surface area contributed by atoms with E-state index in [1.807, 2.05) is 36.7 Å². The number of rotatable bonds is 4. The molecule has 2 aromatic rings. The van der Waals surface area contributed by atoms with Gasteiger partial charge in [-0.25, -0.2) is 12.7 Å². The fourth-order valence-electron chi connectivity index (χ4n) is 3.11. The summed E-state index contributed by atoms with van der Waals surface area (Å²) in [4.78, 5) is 17.5. The Morgan fingerprint density at radius 2 is 2.19 bits per heavy atom. The van der Waals surface area contributed by atoms with Gasteiger partial charge in [0.2, 0.25) is 10.0 Å². The van der Waals surface area contributed by atoms with Gasteiger partial charge in [-0.1, -0.05) is 11.3 Å². The molecule has 2 heterocycles. The minimum atomic E-state index is -3.28. The molecule has 1 amide bonds. The van der Waals surface area contributed by atoms with Crippen LogP contribution in [0.5, 0.6) is 5.75 Å². The zero-order valence-corrected chi connectivity index (χ0v) is 16.8. The number of benzene rings is 1. The van der Waals surface area contributed by atoms with Crippen LogP contribution in [0.4, 0.5) is 0 Å². The van der Waals surface area contributed by atoms with Crippen molar-refractivity contribution in [3.63, 3.8) is 0 Å². The molecule has 0 spiro atoms. The molecule has 9 heteroatoms. The minimum absolute atomic E-state index is 0.213. The number of amides is 1. The highest BCUT2D eigenvalue weighted by atomic mass is 32.2. The number of hydrogen-bond acceptors (Lipinski definition) is 5. The Kier molecular flexibility index (Phi) is 5.50. The van der Waals surface area contributed by atoms with Crippen molar-refractivity contribution < 1.29 is 17.9 Å². The molecular weight excluding hydrogens is 374 g/mol. The Morgan fingerprint density at radius 3 is 2.88 bits per heavy atom. The van der Waals surface area contributed by atoms with Gasteiger partial charge in [0, 0.05) is 20.1 Å². The van der Waals surface area contributed by atoms with Crippen molar-refractivity contribution in [3.05, 3.63) is 23.0 Å². The predicted octanol–water partition coefficient (Wildman–Crippen LogP) is 1.74. The lowest BCUT2D eigenvalue weighted by Gasteiger charge is -2.28. The van der Waals surface area contributed by atoms with Crippen LogP contribution in [0.15, 0.2) is 23.2 Å². The molecule has 0 radical (unpaired) electrons. The van der Waals surface area contributed by atoms with Gasteiger partial charge in [0.25, 0.3) is 5.91 Å². The lowest BCUT2D eigenvalue weighted by Crippen LogP contribution is -2.41. The number of aryl methyl sites for hydroxylation is 1. The predicted molar refractivity (Wildman–Crippen MR) is 102 cm³/mol. The second kappa shape index (κ2) is 7.50. The third-order valence-electron chi connectivity index (χ3n) is 4.50. The first-order valence-corrected chi connectivity index (χ1v) is 11.2. The van der Waals surface area contributed by atoms with Gasteiger partial charge in [0.05, 0.1) is 29.0 Å². The molecule has 0 bridgehead atoms. The van der Waals surface area contributed by atoms with Crippen molar-refractivity contribution in [1.82, 2.24) is 8.87 Å². The third kappa shape index (κ3) is 3.99. The normalized spacial score (nSPS) is 19.8. The number of thiazole rings is 1. The van der Waals surface area contributed by atoms with Crippen molar-refractivity contribution in [3.8, 4) is 5.75 Å². The van der Waals surface area contributed by atoms with E-state index in [0.29, 0.717) is 30.8 Å². The number of hydrogen-bond donors (Lipinski definition) is 0. The van der Waals surface area contributed by atoms with Gasteiger partial charge in [0.15, 0.2) is 4.80 Å². The highest BCUT2D eigenvalue weighted by molar-refractivity contribution is 7.88. The summed E-state index contributed by atoms with van der Waals surface area (Å²) < 4.78 is 33.2. The highest BCUT2D eigenvalue weighted by Gasteiger charge is 2.30. The minimum Gasteiger partial charge on any atom is -0.494 e. The van der Waals surface area contributed by atoms with Crippen LogP contribution in [-0.2, 0) is 21.9 Å². The van der Waals surface area contributed by atoms with Crippen molar-refractivity contribution in [2.75, 3.05) is 26.0 Å². The second-order valence-corrected chi connectivity index (χ2v) is 9.41. The van der Waals surface area contributed by atoms with Gasteiger partial charge in [0.1, 0.15) is 5.75 Å². The maximum atomic E-state index is 12.6. The number of aromatic nitrogens is 1. The second-order valence-electron chi connectivity index (χ2n) is 6.42. The largest absolute Gasteiger partial charge is 0.494 e. The summed E-state index contributed by atoms with van der Waals surface area (Å²) in [5.74, 6) is 0.143. The van der Waals surface area contributed by atoms with Crippen LogP contribution in [0.2, 0.25) is 0 Å². The van der Waals surface area contributed by atoms with Crippen LogP contribution in [-0.4, -0.2) is 49.1 Å². The number of carbonyl (C=O) groups is 1. The average Bonchev–Trinajstić information content (AvgIpc) is 2.90. The van der Waals surface area contributed by atoms with Gasteiger partial charge in [-0.3, -0.25) is 4.79 Å². The number of carbonyl (C=O) groups excluding carboxylic acids is 1. The van der Waals surface area contributed by atoms with Crippen molar-refractivity contribution in [2.45, 2.75) is 19.8 Å². The summed E-state index contributed by atoms with van der Waals surface area (Å²) in [5, 5.41) is 0. The van der Waals surface area contributed by atoms with E-state index in [1.165, 1.54) is 21.9 Å². The third-order valence-corrected chi connectivity index (χ3v) is 6.86. The standard InChI is InChI=1S/C17H23N3O4S2/c1-4-24-13-7-8-14-15(10-13)25-17(19(14)2)18-16(21)12-6-5-9-20(11-12)26(3,22)23/h7-8,10,12H,4-6,9,11H2,1-3H3. The van der Waals surface area contributed by atoms with E-state index in [0.717, 1.165) is 16.0 Å². The molecule has 1 atom stereocenters. The Labute approximate surface area is 157 Å². The summed E-state index contributed by atoms with van der Waals surface area (Å²) in [5.41, 5.74) is 0.978. The Hall–Kier alpha value is -1.71. The molecule has 1 saturated heterocycles. The number of fused-ring (bicyclic) bond motifs is 1. The summed E-state index contributed by atoms with van der Waals surface area (Å²) >= 11 is 1.43. The van der Waals surface area contributed by atoms with E-state index >= 15 is 0 Å². The molecule has 1 aromatic heterocycles. The fraction of sp³-hybridized carbons (Fsp3) is 0.529. The zero-order chi connectivity index (χ0) is 18.9. The van der Waals surface area contributed by atoms with E-state index in [9.17, 15) is 13.2 Å². The number of sulfonamides is 1. The maximum absolute atomic E-state index is 12.6. The van der Waals surface area contributed by atoms with Crippen LogP contribution in [0.3, 0.4) is 0 Å². The van der Waals surface area contributed by atoms with Crippen molar-refractivity contribution >= 4 is 37.5 Å². The molecule has 3 rings (SSSR count). The highest BCUT2D eigenvalue weighted by Crippen LogP contribution is 2.23. The topological polar surface area (TPSA) is 81.0 Å². The SMILES string of the molecule is CCOc1ccc2c(c1)sc(=NC(=O)C1CCCN(S(C)(=O)=O)C1)n2C. The van der Waals surface area contributed by atoms with Gasteiger partial charge in [-0.15, -0.1) is 0 Å². The molecule has 0 aliphatic carbocycles.